The second kappa shape index (κ2) is 6.41. The summed E-state index contributed by atoms with van der Waals surface area (Å²) in [5.74, 6) is -20.6. The summed E-state index contributed by atoms with van der Waals surface area (Å²) in [6.45, 7) is 4.88. The number of carbonyl (C=O) groups is 1. The SMILES string of the molecule is C=C(C)C(=O)OC(F)(F)C(F)(F)C(F)(F)C(F)(F)CCCC. The summed E-state index contributed by atoms with van der Waals surface area (Å²) in [5.41, 5.74) is -0.795. The number of unbranched alkanes of at least 4 members (excludes halogenated alkanes) is 1. The van der Waals surface area contributed by atoms with Crippen LogP contribution in [0.5, 0.6) is 0 Å². The van der Waals surface area contributed by atoms with E-state index in [9.17, 15) is 39.9 Å². The second-order valence-corrected chi connectivity index (χ2v) is 4.64. The van der Waals surface area contributed by atoms with Gasteiger partial charge in [0.05, 0.1) is 0 Å². The van der Waals surface area contributed by atoms with Crippen molar-refractivity contribution in [2.45, 2.75) is 57.0 Å². The molecule has 0 rings (SSSR count). The molecule has 0 aliphatic rings. The zero-order chi connectivity index (χ0) is 18.0. The standard InChI is InChI=1S/C12H14F8O2/c1-4-5-6-9(13,14)10(15,16)11(17,18)12(19,20)22-8(21)7(2)3/h2,4-6H2,1,3H3. The Morgan fingerprint density at radius 2 is 1.45 bits per heavy atom. The molecule has 0 unspecified atom stereocenters. The van der Waals surface area contributed by atoms with Gasteiger partial charge in [0.2, 0.25) is 0 Å². The van der Waals surface area contributed by atoms with Gasteiger partial charge >= 0.3 is 29.8 Å². The lowest BCUT2D eigenvalue weighted by molar-refractivity contribution is -0.416. The van der Waals surface area contributed by atoms with E-state index in [0.717, 1.165) is 6.92 Å². The van der Waals surface area contributed by atoms with Crippen molar-refractivity contribution >= 4 is 5.97 Å². The Kier molecular flexibility index (Phi) is 6.02. The third-order valence-electron chi connectivity index (χ3n) is 2.63. The van der Waals surface area contributed by atoms with Crippen molar-refractivity contribution in [1.82, 2.24) is 0 Å². The minimum atomic E-state index is -6.61. The molecule has 0 aliphatic carbocycles. The maximum atomic E-state index is 13.3. The van der Waals surface area contributed by atoms with Crippen LogP contribution in [0.2, 0.25) is 0 Å². The van der Waals surface area contributed by atoms with E-state index in [1.165, 1.54) is 6.92 Å². The predicted octanol–water partition coefficient (Wildman–Crippen LogP) is 4.79. The number of carbonyl (C=O) groups excluding carboxylic acids is 1. The van der Waals surface area contributed by atoms with Crippen molar-refractivity contribution < 1.29 is 44.7 Å². The molecule has 0 amide bonds. The summed E-state index contributed by atoms with van der Waals surface area (Å²) in [5, 5.41) is 0. The zero-order valence-corrected chi connectivity index (χ0v) is 11.7. The van der Waals surface area contributed by atoms with Gasteiger partial charge in [0.25, 0.3) is 0 Å². The van der Waals surface area contributed by atoms with Gasteiger partial charge in [-0.3, -0.25) is 0 Å². The summed E-state index contributed by atoms with van der Waals surface area (Å²) < 4.78 is 109. The van der Waals surface area contributed by atoms with Crippen molar-refractivity contribution in [2.24, 2.45) is 0 Å². The van der Waals surface area contributed by atoms with Crippen LogP contribution in [0.15, 0.2) is 12.2 Å². The van der Waals surface area contributed by atoms with Gasteiger partial charge in [-0.2, -0.15) is 35.1 Å². The maximum absolute atomic E-state index is 13.3. The lowest BCUT2D eigenvalue weighted by Crippen LogP contribution is -2.63. The molecule has 0 heterocycles. The highest BCUT2D eigenvalue weighted by Gasteiger charge is 2.82. The summed E-state index contributed by atoms with van der Waals surface area (Å²) >= 11 is 0. The molecule has 0 saturated heterocycles. The smallest absolute Gasteiger partial charge is 0.393 e. The Bertz CT molecular complexity index is 431. The summed E-state index contributed by atoms with van der Waals surface area (Å²) in [7, 11) is 0. The predicted molar refractivity (Wildman–Crippen MR) is 60.2 cm³/mol. The van der Waals surface area contributed by atoms with E-state index >= 15 is 0 Å². The molecule has 0 saturated carbocycles. The minimum Gasteiger partial charge on any atom is -0.393 e. The lowest BCUT2D eigenvalue weighted by atomic mass is 9.98. The number of hydrogen-bond donors (Lipinski definition) is 0. The fourth-order valence-corrected chi connectivity index (χ4v) is 1.24. The summed E-state index contributed by atoms with van der Waals surface area (Å²) in [4.78, 5) is 10.8. The highest BCUT2D eigenvalue weighted by atomic mass is 19.4. The Labute approximate surface area is 121 Å². The minimum absolute atomic E-state index is 0.0434. The average Bonchev–Trinajstić information content (AvgIpc) is 2.34. The van der Waals surface area contributed by atoms with Crippen LogP contribution in [0.3, 0.4) is 0 Å². The molecule has 0 aromatic rings. The van der Waals surface area contributed by atoms with Crippen LogP contribution in [0, 0.1) is 0 Å². The number of rotatable bonds is 8. The molecule has 0 bridgehead atoms. The van der Waals surface area contributed by atoms with Crippen LogP contribution in [-0.2, 0) is 9.53 Å². The largest absolute Gasteiger partial charge is 0.473 e. The molecule has 0 atom stereocenters. The second-order valence-electron chi connectivity index (χ2n) is 4.64. The normalized spacial score (nSPS) is 13.9. The third-order valence-corrected chi connectivity index (χ3v) is 2.63. The van der Waals surface area contributed by atoms with E-state index < -0.39 is 48.3 Å². The van der Waals surface area contributed by atoms with E-state index in [1.807, 2.05) is 0 Å². The van der Waals surface area contributed by atoms with Crippen molar-refractivity contribution in [3.8, 4) is 0 Å². The monoisotopic (exact) mass is 342 g/mol. The van der Waals surface area contributed by atoms with Gasteiger partial charge in [0.15, 0.2) is 0 Å². The molecule has 10 heteroatoms. The molecular formula is C12H14F8O2. The molecule has 130 valence electrons. The first-order chi connectivity index (χ1) is 9.64. The Morgan fingerprint density at radius 3 is 1.82 bits per heavy atom. The topological polar surface area (TPSA) is 26.3 Å². The van der Waals surface area contributed by atoms with Crippen molar-refractivity contribution in [2.75, 3.05) is 0 Å². The molecule has 0 aliphatic heterocycles. The fourth-order valence-electron chi connectivity index (χ4n) is 1.24. The van der Waals surface area contributed by atoms with E-state index in [1.54, 1.807) is 0 Å². The van der Waals surface area contributed by atoms with Gasteiger partial charge in [-0.25, -0.2) is 4.79 Å². The number of esters is 1. The van der Waals surface area contributed by atoms with E-state index in [0.29, 0.717) is 0 Å². The Morgan fingerprint density at radius 1 is 1.00 bits per heavy atom. The first kappa shape index (κ1) is 20.6. The molecule has 0 fully saturated rings. The average molecular weight is 342 g/mol. The molecule has 0 aromatic carbocycles. The molecule has 0 spiro atoms. The number of alkyl halides is 8. The molecular weight excluding hydrogens is 328 g/mol. The molecule has 22 heavy (non-hydrogen) atoms. The maximum Gasteiger partial charge on any atom is 0.473 e. The molecule has 0 aromatic heterocycles. The van der Waals surface area contributed by atoms with Gasteiger partial charge in [-0.15, -0.1) is 0 Å². The zero-order valence-electron chi connectivity index (χ0n) is 11.7. The van der Waals surface area contributed by atoms with Gasteiger partial charge in [-0.1, -0.05) is 19.9 Å². The number of halogens is 8. The highest BCUT2D eigenvalue weighted by Crippen LogP contribution is 2.54. The first-order valence-electron chi connectivity index (χ1n) is 6.04. The quantitative estimate of drug-likeness (QED) is 0.360. The van der Waals surface area contributed by atoms with Crippen molar-refractivity contribution in [3.63, 3.8) is 0 Å². The lowest BCUT2D eigenvalue weighted by Gasteiger charge is -2.35. The Balaban J connectivity index is 5.57. The van der Waals surface area contributed by atoms with E-state index in [-0.39, 0.29) is 6.42 Å². The van der Waals surface area contributed by atoms with Crippen LogP contribution in [0.25, 0.3) is 0 Å². The highest BCUT2D eigenvalue weighted by molar-refractivity contribution is 5.87. The van der Waals surface area contributed by atoms with Crippen LogP contribution >= 0.6 is 0 Å². The molecule has 2 nitrogen and oxygen atoms in total. The van der Waals surface area contributed by atoms with Gasteiger partial charge in [0, 0.05) is 12.0 Å². The summed E-state index contributed by atoms with van der Waals surface area (Å²) in [6.07, 6.45) is -8.49. The summed E-state index contributed by atoms with van der Waals surface area (Å²) in [6, 6.07) is 0. The van der Waals surface area contributed by atoms with Crippen molar-refractivity contribution in [3.05, 3.63) is 12.2 Å². The van der Waals surface area contributed by atoms with Gasteiger partial charge < -0.3 is 4.74 Å². The third kappa shape index (κ3) is 3.70. The molecule has 0 N–H and O–H groups in total. The molecule has 0 radical (unpaired) electrons. The van der Waals surface area contributed by atoms with Crippen LogP contribution in [0.1, 0.15) is 33.1 Å². The van der Waals surface area contributed by atoms with Gasteiger partial charge in [0.1, 0.15) is 0 Å². The van der Waals surface area contributed by atoms with Crippen LogP contribution in [-0.4, -0.2) is 29.8 Å². The van der Waals surface area contributed by atoms with E-state index in [2.05, 4.69) is 11.3 Å². The van der Waals surface area contributed by atoms with E-state index in [4.69, 9.17) is 0 Å². The number of hydrogen-bond acceptors (Lipinski definition) is 2. The van der Waals surface area contributed by atoms with Gasteiger partial charge in [-0.05, 0) is 13.3 Å². The number of ether oxygens (including phenoxy) is 1. The van der Waals surface area contributed by atoms with Crippen LogP contribution in [0.4, 0.5) is 35.1 Å². The Hall–Kier alpha value is -1.35. The van der Waals surface area contributed by atoms with Crippen LogP contribution < -0.4 is 0 Å². The fraction of sp³-hybridized carbons (Fsp3) is 0.750. The first-order valence-corrected chi connectivity index (χ1v) is 6.04. The van der Waals surface area contributed by atoms with Crippen molar-refractivity contribution in [1.29, 1.82) is 0 Å².